The van der Waals surface area contributed by atoms with E-state index in [9.17, 15) is 9.59 Å². The van der Waals surface area contributed by atoms with Gasteiger partial charge in [0.1, 0.15) is 6.04 Å². The number of hydrogen-bond acceptors (Lipinski definition) is 4. The summed E-state index contributed by atoms with van der Waals surface area (Å²) in [6.45, 7) is 1.53. The van der Waals surface area contributed by atoms with Gasteiger partial charge >= 0.3 is 0 Å². The first-order chi connectivity index (χ1) is 17.1. The predicted octanol–water partition coefficient (Wildman–Crippen LogP) is 5.69. The Kier molecular flexibility index (Phi) is 6.75. The average Bonchev–Trinajstić information content (AvgIpc) is 3.43. The maximum absolute atomic E-state index is 12.7. The van der Waals surface area contributed by atoms with Crippen molar-refractivity contribution in [2.45, 2.75) is 23.8 Å². The van der Waals surface area contributed by atoms with Crippen LogP contribution >= 0.6 is 23.1 Å². The lowest BCUT2D eigenvalue weighted by atomic mass is 9.84. The fraction of sp³-hybridized carbons (Fsp3) is 0.172. The van der Waals surface area contributed by atoms with Crippen molar-refractivity contribution in [1.29, 1.82) is 0 Å². The molecule has 1 N–H and O–H groups in total. The first kappa shape index (κ1) is 23.4. The van der Waals surface area contributed by atoms with Gasteiger partial charge in [0.2, 0.25) is 11.8 Å². The van der Waals surface area contributed by atoms with Crippen molar-refractivity contribution in [3.63, 3.8) is 0 Å². The van der Waals surface area contributed by atoms with Crippen LogP contribution < -0.4 is 10.2 Å². The van der Waals surface area contributed by atoms with Crippen molar-refractivity contribution in [3.05, 3.63) is 125 Å². The summed E-state index contributed by atoms with van der Waals surface area (Å²) in [7, 11) is 0. The zero-order valence-corrected chi connectivity index (χ0v) is 21.0. The van der Waals surface area contributed by atoms with E-state index in [4.69, 9.17) is 0 Å². The van der Waals surface area contributed by atoms with Gasteiger partial charge in [-0.1, -0.05) is 91.0 Å². The van der Waals surface area contributed by atoms with Crippen molar-refractivity contribution in [2.24, 2.45) is 0 Å². The molecule has 1 aliphatic heterocycles. The number of thiophene rings is 1. The summed E-state index contributed by atoms with van der Waals surface area (Å²) in [6, 6.07) is 34.6. The number of carbonyl (C=O) groups excluding carboxylic acids is 2. The van der Waals surface area contributed by atoms with Crippen molar-refractivity contribution >= 4 is 39.9 Å². The fourth-order valence-electron chi connectivity index (χ4n) is 4.74. The number of carbonyl (C=O) groups is 2. The van der Waals surface area contributed by atoms with E-state index < -0.39 is 10.8 Å². The van der Waals surface area contributed by atoms with E-state index in [0.717, 1.165) is 5.00 Å². The molecule has 2 atom stereocenters. The van der Waals surface area contributed by atoms with Gasteiger partial charge in [-0.25, -0.2) is 0 Å². The number of β-lactam (4-membered cyclic amide) rings is 1. The Balaban J connectivity index is 1.54. The fourth-order valence-corrected chi connectivity index (χ4v) is 7.15. The molecule has 0 aliphatic carbocycles. The highest BCUT2D eigenvalue weighted by molar-refractivity contribution is 8.00. The second-order valence-electron chi connectivity index (χ2n) is 8.49. The van der Waals surface area contributed by atoms with Crippen LogP contribution in [0.3, 0.4) is 0 Å². The Bertz CT molecular complexity index is 1180. The second kappa shape index (κ2) is 10.1. The second-order valence-corrected chi connectivity index (χ2v) is 10.7. The smallest absolute Gasteiger partial charge is 0.245 e. The molecule has 5 rings (SSSR count). The van der Waals surface area contributed by atoms with Gasteiger partial charge in [-0.3, -0.25) is 14.5 Å². The molecule has 0 radical (unpaired) electrons. The van der Waals surface area contributed by atoms with Crippen LogP contribution in [0, 0.1) is 0 Å². The monoisotopic (exact) mass is 498 g/mol. The zero-order chi connectivity index (χ0) is 24.3. The molecule has 1 aliphatic rings. The van der Waals surface area contributed by atoms with Crippen molar-refractivity contribution in [1.82, 2.24) is 5.32 Å². The highest BCUT2D eigenvalue weighted by Crippen LogP contribution is 2.49. The third-order valence-corrected chi connectivity index (χ3v) is 8.89. The number of anilines is 1. The van der Waals surface area contributed by atoms with E-state index in [1.165, 1.54) is 35.0 Å². The molecular formula is C29H26N2O2S2. The van der Waals surface area contributed by atoms with Gasteiger partial charge in [0.25, 0.3) is 0 Å². The molecule has 1 aromatic heterocycles. The first-order valence-corrected chi connectivity index (χ1v) is 13.4. The van der Waals surface area contributed by atoms with E-state index in [2.05, 4.69) is 78.1 Å². The predicted molar refractivity (Wildman–Crippen MR) is 145 cm³/mol. The van der Waals surface area contributed by atoms with Crippen LogP contribution in [0.25, 0.3) is 0 Å². The highest BCUT2D eigenvalue weighted by Gasteiger charge is 2.47. The Morgan fingerprint density at radius 3 is 1.77 bits per heavy atom. The summed E-state index contributed by atoms with van der Waals surface area (Å²) in [5, 5.41) is 5.79. The van der Waals surface area contributed by atoms with E-state index >= 15 is 0 Å². The van der Waals surface area contributed by atoms with Gasteiger partial charge in [-0.15, -0.1) is 23.1 Å². The maximum Gasteiger partial charge on any atom is 0.245 e. The molecule has 0 bridgehead atoms. The third-order valence-electron chi connectivity index (χ3n) is 6.36. The number of thioether (sulfide) groups is 1. The van der Waals surface area contributed by atoms with Crippen LogP contribution in [-0.2, 0) is 14.3 Å². The lowest BCUT2D eigenvalue weighted by molar-refractivity contribution is -0.132. The van der Waals surface area contributed by atoms with Crippen molar-refractivity contribution in [2.75, 3.05) is 10.7 Å². The Morgan fingerprint density at radius 1 is 0.857 bits per heavy atom. The van der Waals surface area contributed by atoms with Gasteiger partial charge in [0, 0.05) is 12.7 Å². The first-order valence-electron chi connectivity index (χ1n) is 11.6. The molecule has 176 valence electrons. The number of nitrogens with zero attached hydrogens (tertiary/aromatic N) is 1. The molecule has 2 amide bonds. The lowest BCUT2D eigenvalue weighted by Gasteiger charge is -2.44. The summed E-state index contributed by atoms with van der Waals surface area (Å²) in [4.78, 5) is 26.9. The molecule has 2 heterocycles. The van der Waals surface area contributed by atoms with Gasteiger partial charge in [-0.05, 0) is 34.2 Å². The van der Waals surface area contributed by atoms with Crippen LogP contribution in [0.5, 0.6) is 0 Å². The highest BCUT2D eigenvalue weighted by atomic mass is 32.2. The van der Waals surface area contributed by atoms with Crippen LogP contribution in [-0.4, -0.2) is 29.7 Å². The van der Waals surface area contributed by atoms with Gasteiger partial charge in [0.15, 0.2) is 0 Å². The summed E-state index contributed by atoms with van der Waals surface area (Å²) in [6.07, 6.45) is 0. The number of benzene rings is 3. The minimum Gasteiger partial charge on any atom is -0.348 e. The third kappa shape index (κ3) is 4.40. The molecule has 6 heteroatoms. The molecule has 2 unspecified atom stereocenters. The molecule has 4 aromatic rings. The summed E-state index contributed by atoms with van der Waals surface area (Å²) in [5.74, 6) is 0.413. The number of hydrogen-bond donors (Lipinski definition) is 1. The molecule has 4 nitrogen and oxygen atoms in total. The molecule has 1 saturated heterocycles. The van der Waals surface area contributed by atoms with Crippen molar-refractivity contribution < 1.29 is 9.59 Å². The van der Waals surface area contributed by atoms with E-state index in [-0.39, 0.29) is 17.9 Å². The van der Waals surface area contributed by atoms with Crippen molar-refractivity contribution in [3.8, 4) is 0 Å². The Hall–Kier alpha value is -3.35. The molecule has 0 saturated carbocycles. The molecule has 1 fully saturated rings. The molecule has 3 aromatic carbocycles. The molecule has 35 heavy (non-hydrogen) atoms. The topological polar surface area (TPSA) is 49.4 Å². The Labute approximate surface area is 214 Å². The Morgan fingerprint density at radius 2 is 1.37 bits per heavy atom. The average molecular weight is 499 g/mol. The minimum atomic E-state index is -0.515. The zero-order valence-electron chi connectivity index (χ0n) is 19.3. The lowest BCUT2D eigenvalue weighted by Crippen LogP contribution is -2.71. The van der Waals surface area contributed by atoms with Crippen LogP contribution in [0.15, 0.2) is 109 Å². The standard InChI is InChI=1S/C29H26N2O2S2/c1-21(32)31(26-18-11-19-34-26)27-25(30-28(27)33)20-35-29(22-12-5-2-6-13-22,23-14-7-3-8-15-23)24-16-9-4-10-17-24/h2-19,25,27H,20H2,1H3,(H,30,33). The normalized spacial score (nSPS) is 17.3. The van der Waals surface area contributed by atoms with Gasteiger partial charge in [0.05, 0.1) is 15.8 Å². The van der Waals surface area contributed by atoms with Crippen LogP contribution in [0.1, 0.15) is 23.6 Å². The number of nitrogens with one attached hydrogen (secondary N) is 1. The van der Waals surface area contributed by atoms with E-state index in [1.807, 2.05) is 35.7 Å². The number of amides is 2. The number of rotatable bonds is 8. The minimum absolute atomic E-state index is 0.107. The van der Waals surface area contributed by atoms with E-state index in [0.29, 0.717) is 5.75 Å². The van der Waals surface area contributed by atoms with Crippen LogP contribution in [0.2, 0.25) is 0 Å². The van der Waals surface area contributed by atoms with Gasteiger partial charge in [-0.2, -0.15) is 0 Å². The largest absolute Gasteiger partial charge is 0.348 e. The van der Waals surface area contributed by atoms with E-state index in [1.54, 1.807) is 16.7 Å². The van der Waals surface area contributed by atoms with Crippen LogP contribution in [0.4, 0.5) is 5.00 Å². The summed E-state index contributed by atoms with van der Waals surface area (Å²) >= 11 is 3.27. The molecular weight excluding hydrogens is 472 g/mol. The van der Waals surface area contributed by atoms with Gasteiger partial charge < -0.3 is 5.32 Å². The SMILES string of the molecule is CC(=O)N(c1cccs1)C1C(=O)NC1CSC(c1ccccc1)(c1ccccc1)c1ccccc1. The summed E-state index contributed by atoms with van der Waals surface area (Å²) < 4.78 is -0.474. The quantitative estimate of drug-likeness (QED) is 0.251. The summed E-state index contributed by atoms with van der Waals surface area (Å²) in [5.41, 5.74) is 3.52. The molecule has 0 spiro atoms. The maximum atomic E-state index is 12.7.